The second-order valence-electron chi connectivity index (χ2n) is 3.98. The van der Waals surface area contributed by atoms with E-state index in [4.69, 9.17) is 4.74 Å². The molecular weight excluding hydrogens is 232 g/mol. The van der Waals surface area contributed by atoms with E-state index < -0.39 is 0 Å². The summed E-state index contributed by atoms with van der Waals surface area (Å²) in [5.74, 6) is -0.0877. The highest BCUT2D eigenvalue weighted by Gasteiger charge is 2.12. The fraction of sp³-hybridized carbons (Fsp3) is 0.143. The maximum absolute atomic E-state index is 9.62. The number of rotatable bonds is 3. The van der Waals surface area contributed by atoms with Crippen LogP contribution in [0.15, 0.2) is 42.5 Å². The Kier molecular flexibility index (Phi) is 3.28. The van der Waals surface area contributed by atoms with Gasteiger partial charge in [0.15, 0.2) is 11.5 Å². The first-order chi connectivity index (χ1) is 8.58. The average molecular weight is 246 g/mol. The lowest BCUT2D eigenvalue weighted by Gasteiger charge is -2.16. The molecule has 3 N–H and O–H groups in total. The molecule has 0 heterocycles. The first-order valence-corrected chi connectivity index (χ1v) is 5.54. The first kappa shape index (κ1) is 12.1. The molecule has 4 nitrogen and oxygen atoms in total. The van der Waals surface area contributed by atoms with Crippen molar-refractivity contribution in [1.29, 1.82) is 0 Å². The van der Waals surface area contributed by atoms with Gasteiger partial charge in [0, 0.05) is 0 Å². The SMILES string of the molecule is CC(Oc1cccc(O)c1O)c1ccc(O)cc1. The summed E-state index contributed by atoms with van der Waals surface area (Å²) in [6.45, 7) is 1.82. The zero-order valence-corrected chi connectivity index (χ0v) is 9.87. The van der Waals surface area contributed by atoms with Crippen LogP contribution in [0.25, 0.3) is 0 Å². The van der Waals surface area contributed by atoms with Gasteiger partial charge < -0.3 is 20.1 Å². The molecule has 0 spiro atoms. The quantitative estimate of drug-likeness (QED) is 0.728. The van der Waals surface area contributed by atoms with Crippen LogP contribution in [0.5, 0.6) is 23.0 Å². The Morgan fingerprint density at radius 1 is 0.944 bits per heavy atom. The van der Waals surface area contributed by atoms with Crippen molar-refractivity contribution in [3.8, 4) is 23.0 Å². The van der Waals surface area contributed by atoms with E-state index in [1.165, 1.54) is 6.07 Å². The summed E-state index contributed by atoms with van der Waals surface area (Å²) in [6.07, 6.45) is -0.307. The summed E-state index contributed by atoms with van der Waals surface area (Å²) in [7, 11) is 0. The molecule has 18 heavy (non-hydrogen) atoms. The fourth-order valence-electron chi connectivity index (χ4n) is 1.61. The molecule has 0 aliphatic rings. The van der Waals surface area contributed by atoms with E-state index >= 15 is 0 Å². The van der Waals surface area contributed by atoms with Crippen molar-refractivity contribution in [2.45, 2.75) is 13.0 Å². The molecule has 0 saturated carbocycles. The predicted octanol–water partition coefficient (Wildman–Crippen LogP) is 2.94. The monoisotopic (exact) mass is 246 g/mol. The van der Waals surface area contributed by atoms with Gasteiger partial charge in [0.1, 0.15) is 11.9 Å². The molecule has 4 heteroatoms. The number of aromatic hydroxyl groups is 3. The Balaban J connectivity index is 2.18. The smallest absolute Gasteiger partial charge is 0.200 e. The van der Waals surface area contributed by atoms with Crippen molar-refractivity contribution in [2.24, 2.45) is 0 Å². The number of phenolic OH excluding ortho intramolecular Hbond substituents is 3. The van der Waals surface area contributed by atoms with Gasteiger partial charge in [-0.25, -0.2) is 0 Å². The van der Waals surface area contributed by atoms with Crippen molar-refractivity contribution < 1.29 is 20.1 Å². The first-order valence-electron chi connectivity index (χ1n) is 5.54. The number of phenols is 3. The molecule has 0 aliphatic heterocycles. The van der Waals surface area contributed by atoms with Crippen LogP contribution in [-0.2, 0) is 0 Å². The Labute approximate surface area is 105 Å². The number of hydrogen-bond donors (Lipinski definition) is 3. The molecule has 1 atom stereocenters. The van der Waals surface area contributed by atoms with Crippen molar-refractivity contribution >= 4 is 0 Å². The highest BCUT2D eigenvalue weighted by atomic mass is 16.5. The molecular formula is C14H14O4. The molecule has 2 rings (SSSR count). The van der Waals surface area contributed by atoms with E-state index in [1.54, 1.807) is 36.4 Å². The summed E-state index contributed by atoms with van der Waals surface area (Å²) < 4.78 is 5.56. The standard InChI is InChI=1S/C14H14O4/c1-9(10-5-7-11(15)8-6-10)18-13-4-2-3-12(16)14(13)17/h2-9,15-17H,1H3. The van der Waals surface area contributed by atoms with Gasteiger partial charge in [-0.2, -0.15) is 0 Å². The van der Waals surface area contributed by atoms with Crippen molar-refractivity contribution in [1.82, 2.24) is 0 Å². The number of ether oxygens (including phenoxy) is 1. The third-order valence-corrected chi connectivity index (χ3v) is 2.64. The van der Waals surface area contributed by atoms with E-state index in [2.05, 4.69) is 0 Å². The van der Waals surface area contributed by atoms with Crippen LogP contribution < -0.4 is 4.74 Å². The summed E-state index contributed by atoms with van der Waals surface area (Å²) in [5, 5.41) is 28.2. The van der Waals surface area contributed by atoms with Crippen LogP contribution >= 0.6 is 0 Å². The van der Waals surface area contributed by atoms with Crippen LogP contribution in [0.1, 0.15) is 18.6 Å². The maximum atomic E-state index is 9.62. The molecule has 94 valence electrons. The van der Waals surface area contributed by atoms with Crippen LogP contribution in [0.3, 0.4) is 0 Å². The minimum absolute atomic E-state index is 0.186. The lowest BCUT2D eigenvalue weighted by molar-refractivity contribution is 0.215. The molecule has 0 aliphatic carbocycles. The van der Waals surface area contributed by atoms with Crippen LogP contribution in [-0.4, -0.2) is 15.3 Å². The van der Waals surface area contributed by atoms with Gasteiger partial charge in [-0.1, -0.05) is 18.2 Å². The van der Waals surface area contributed by atoms with Crippen molar-refractivity contribution in [3.63, 3.8) is 0 Å². The topological polar surface area (TPSA) is 69.9 Å². The predicted molar refractivity (Wildman–Crippen MR) is 66.9 cm³/mol. The van der Waals surface area contributed by atoms with E-state index in [1.807, 2.05) is 6.92 Å². The normalized spacial score (nSPS) is 12.1. The van der Waals surface area contributed by atoms with E-state index in [0.29, 0.717) is 0 Å². The zero-order chi connectivity index (χ0) is 13.1. The lowest BCUT2D eigenvalue weighted by Crippen LogP contribution is -2.02. The van der Waals surface area contributed by atoms with Gasteiger partial charge in [-0.3, -0.25) is 0 Å². The molecule has 0 bridgehead atoms. The summed E-state index contributed by atoms with van der Waals surface area (Å²) in [6, 6.07) is 11.2. The molecule has 2 aromatic carbocycles. The van der Waals surface area contributed by atoms with Crippen molar-refractivity contribution in [2.75, 3.05) is 0 Å². The number of para-hydroxylation sites is 1. The minimum atomic E-state index is -0.307. The third-order valence-electron chi connectivity index (χ3n) is 2.64. The third kappa shape index (κ3) is 2.48. The molecule has 0 amide bonds. The Morgan fingerprint density at radius 3 is 2.28 bits per heavy atom. The van der Waals surface area contributed by atoms with Crippen LogP contribution in [0.4, 0.5) is 0 Å². The van der Waals surface area contributed by atoms with Gasteiger partial charge in [0.05, 0.1) is 0 Å². The fourth-order valence-corrected chi connectivity index (χ4v) is 1.61. The lowest BCUT2D eigenvalue weighted by atomic mass is 10.1. The molecule has 1 unspecified atom stereocenters. The number of hydrogen-bond acceptors (Lipinski definition) is 4. The maximum Gasteiger partial charge on any atom is 0.200 e. The Bertz CT molecular complexity index is 534. The van der Waals surface area contributed by atoms with E-state index in [0.717, 1.165) is 5.56 Å². The second kappa shape index (κ2) is 4.87. The van der Waals surface area contributed by atoms with Crippen molar-refractivity contribution in [3.05, 3.63) is 48.0 Å². The molecule has 0 aromatic heterocycles. The van der Waals surface area contributed by atoms with Crippen LogP contribution in [0.2, 0.25) is 0 Å². The van der Waals surface area contributed by atoms with Gasteiger partial charge >= 0.3 is 0 Å². The highest BCUT2D eigenvalue weighted by molar-refractivity contribution is 5.49. The molecule has 0 radical (unpaired) electrons. The average Bonchev–Trinajstić information content (AvgIpc) is 2.36. The minimum Gasteiger partial charge on any atom is -0.508 e. The van der Waals surface area contributed by atoms with Gasteiger partial charge in [-0.15, -0.1) is 0 Å². The summed E-state index contributed by atoms with van der Waals surface area (Å²) in [5.41, 5.74) is 0.857. The summed E-state index contributed by atoms with van der Waals surface area (Å²) >= 11 is 0. The summed E-state index contributed by atoms with van der Waals surface area (Å²) in [4.78, 5) is 0. The Hall–Kier alpha value is -2.36. The van der Waals surface area contributed by atoms with Gasteiger partial charge in [0.25, 0.3) is 0 Å². The van der Waals surface area contributed by atoms with E-state index in [-0.39, 0.29) is 29.1 Å². The largest absolute Gasteiger partial charge is 0.508 e. The molecule has 0 fully saturated rings. The van der Waals surface area contributed by atoms with Gasteiger partial charge in [-0.05, 0) is 36.8 Å². The second-order valence-corrected chi connectivity index (χ2v) is 3.98. The number of benzene rings is 2. The molecule has 2 aromatic rings. The van der Waals surface area contributed by atoms with Gasteiger partial charge in [0.2, 0.25) is 5.75 Å². The highest BCUT2D eigenvalue weighted by Crippen LogP contribution is 2.37. The van der Waals surface area contributed by atoms with Crippen LogP contribution in [0, 0.1) is 0 Å². The zero-order valence-electron chi connectivity index (χ0n) is 9.87. The molecule has 0 saturated heterocycles. The Morgan fingerprint density at radius 2 is 1.61 bits per heavy atom. The van der Waals surface area contributed by atoms with E-state index in [9.17, 15) is 15.3 Å².